The molecule has 0 aliphatic carbocycles. The van der Waals surface area contributed by atoms with Gasteiger partial charge in [-0.3, -0.25) is 9.78 Å². The van der Waals surface area contributed by atoms with Crippen LogP contribution < -0.4 is 10.2 Å². The molecule has 220 valence electrons. The van der Waals surface area contributed by atoms with Gasteiger partial charge in [0.05, 0.1) is 29.9 Å². The Morgan fingerprint density at radius 3 is 2.62 bits per heavy atom. The van der Waals surface area contributed by atoms with Crippen molar-refractivity contribution in [1.29, 1.82) is 0 Å². The second-order valence-corrected chi connectivity index (χ2v) is 11.5. The summed E-state index contributed by atoms with van der Waals surface area (Å²) in [4.78, 5) is 23.0. The van der Waals surface area contributed by atoms with Gasteiger partial charge in [-0.15, -0.1) is 0 Å². The summed E-state index contributed by atoms with van der Waals surface area (Å²) in [6.45, 7) is 5.90. The van der Waals surface area contributed by atoms with E-state index in [9.17, 15) is 22.2 Å². The average molecular weight is 598 g/mol. The molecular formula is C30H30F3N5O3S. The van der Waals surface area contributed by atoms with Gasteiger partial charge in [-0.25, -0.2) is 13.5 Å². The second kappa shape index (κ2) is 12.6. The third-order valence-electron chi connectivity index (χ3n) is 7.25. The van der Waals surface area contributed by atoms with Gasteiger partial charge in [0.2, 0.25) is 0 Å². The molecule has 3 aromatic rings. The van der Waals surface area contributed by atoms with Crippen LogP contribution in [-0.4, -0.2) is 70.0 Å². The third kappa shape index (κ3) is 6.98. The highest BCUT2D eigenvalue weighted by atomic mass is 32.2. The van der Waals surface area contributed by atoms with Gasteiger partial charge < -0.3 is 15.0 Å². The van der Waals surface area contributed by atoms with Gasteiger partial charge in [0.15, 0.2) is 0 Å². The van der Waals surface area contributed by atoms with Crippen LogP contribution in [0.5, 0.6) is 0 Å². The van der Waals surface area contributed by atoms with Gasteiger partial charge >= 0.3 is 6.18 Å². The number of alkyl halides is 3. The minimum absolute atomic E-state index is 0.114. The zero-order chi connectivity index (χ0) is 29.9. The molecule has 5 rings (SSSR count). The lowest BCUT2D eigenvalue weighted by Crippen LogP contribution is -2.36. The van der Waals surface area contributed by atoms with Gasteiger partial charge in [-0.05, 0) is 60.7 Å². The van der Waals surface area contributed by atoms with Crippen molar-refractivity contribution in [3.05, 3.63) is 71.3 Å². The molecule has 4 heterocycles. The SMILES string of the molecule is Cc1ccc(NC(=O)c2ccnc(C(F)(F)F)c2)cc1-c1cnc(C#CC2CCN(S(C)=O)C2)c(N2CCOCC2)c1. The molecule has 12 heteroatoms. The Labute approximate surface area is 244 Å². The number of morpholine rings is 1. The summed E-state index contributed by atoms with van der Waals surface area (Å²) < 4.78 is 58.5. The van der Waals surface area contributed by atoms with Gasteiger partial charge in [0, 0.05) is 67.6 Å². The zero-order valence-electron chi connectivity index (χ0n) is 23.2. The van der Waals surface area contributed by atoms with Crippen LogP contribution >= 0.6 is 0 Å². The van der Waals surface area contributed by atoms with E-state index in [2.05, 4.69) is 27.0 Å². The molecule has 2 atom stereocenters. The van der Waals surface area contributed by atoms with Crippen molar-refractivity contribution in [2.24, 2.45) is 5.92 Å². The fraction of sp³-hybridized carbons (Fsp3) is 0.367. The summed E-state index contributed by atoms with van der Waals surface area (Å²) in [6, 6.07) is 9.31. The predicted octanol–water partition coefficient (Wildman–Crippen LogP) is 4.53. The van der Waals surface area contributed by atoms with Crippen molar-refractivity contribution in [3.63, 3.8) is 0 Å². The van der Waals surface area contributed by atoms with Crippen molar-refractivity contribution in [2.45, 2.75) is 19.5 Å². The molecule has 1 amide bonds. The zero-order valence-corrected chi connectivity index (χ0v) is 24.0. The molecule has 0 bridgehead atoms. The number of aromatic nitrogens is 2. The third-order valence-corrected chi connectivity index (χ3v) is 8.31. The number of aryl methyl sites for hydroxylation is 1. The second-order valence-electron chi connectivity index (χ2n) is 10.2. The highest BCUT2D eigenvalue weighted by Crippen LogP contribution is 2.32. The molecule has 0 radical (unpaired) electrons. The standard InChI is InChI=1S/C30H30F3N5O3S/c1-20-3-5-24(36-29(39)22-7-9-34-28(16-22)30(31,32)33)17-25(20)23-15-27(37-11-13-41-14-12-37)26(35-18-23)6-4-21-8-10-38(19-21)42(2)40/h3,5,7,9,15-18,21H,8,10-14,19H2,1-2H3,(H,36,39). The van der Waals surface area contributed by atoms with Gasteiger partial charge in [-0.2, -0.15) is 13.2 Å². The molecule has 0 spiro atoms. The largest absolute Gasteiger partial charge is 0.433 e. The van der Waals surface area contributed by atoms with E-state index in [1.165, 1.54) is 6.07 Å². The molecular weight excluding hydrogens is 567 g/mol. The van der Waals surface area contributed by atoms with E-state index in [0.717, 1.165) is 47.6 Å². The molecule has 2 aliphatic rings. The number of hydrogen-bond acceptors (Lipinski definition) is 6. The number of nitrogens with zero attached hydrogens (tertiary/aromatic N) is 4. The fourth-order valence-electron chi connectivity index (χ4n) is 4.93. The van der Waals surface area contributed by atoms with E-state index in [4.69, 9.17) is 9.72 Å². The summed E-state index contributed by atoms with van der Waals surface area (Å²) in [6.07, 6.45) is 0.587. The lowest BCUT2D eigenvalue weighted by Gasteiger charge is -2.29. The number of nitrogens with one attached hydrogen (secondary N) is 1. The number of carbonyl (C=O) groups is 1. The molecule has 2 saturated heterocycles. The maximum Gasteiger partial charge on any atom is 0.433 e. The summed E-state index contributed by atoms with van der Waals surface area (Å²) in [5.74, 6) is 6.03. The van der Waals surface area contributed by atoms with Crippen molar-refractivity contribution >= 4 is 28.3 Å². The fourth-order valence-corrected chi connectivity index (χ4v) is 5.69. The molecule has 2 aromatic heterocycles. The first-order valence-corrected chi connectivity index (χ1v) is 15.0. The average Bonchev–Trinajstić information content (AvgIpc) is 3.47. The van der Waals surface area contributed by atoms with Crippen LogP contribution in [0.1, 0.15) is 33.7 Å². The maximum absolute atomic E-state index is 13.1. The minimum atomic E-state index is -4.65. The molecule has 2 fully saturated rings. The van der Waals surface area contributed by atoms with Gasteiger partial charge in [-0.1, -0.05) is 12.0 Å². The lowest BCUT2D eigenvalue weighted by atomic mass is 10.00. The highest BCUT2D eigenvalue weighted by Gasteiger charge is 2.33. The molecule has 2 unspecified atom stereocenters. The Balaban J connectivity index is 1.43. The number of ether oxygens (including phenoxy) is 1. The lowest BCUT2D eigenvalue weighted by molar-refractivity contribution is -0.141. The Kier molecular flexibility index (Phi) is 8.91. The van der Waals surface area contributed by atoms with Crippen molar-refractivity contribution in [3.8, 4) is 23.0 Å². The normalized spacial score (nSPS) is 18.3. The Morgan fingerprint density at radius 2 is 1.90 bits per heavy atom. The molecule has 8 nitrogen and oxygen atoms in total. The molecule has 42 heavy (non-hydrogen) atoms. The first-order chi connectivity index (χ1) is 20.1. The number of carbonyl (C=O) groups excluding carboxylic acids is 1. The van der Waals surface area contributed by atoms with E-state index < -0.39 is 28.8 Å². The van der Waals surface area contributed by atoms with Crippen LogP contribution in [0.4, 0.5) is 24.5 Å². The van der Waals surface area contributed by atoms with Crippen LogP contribution in [0.3, 0.4) is 0 Å². The van der Waals surface area contributed by atoms with E-state index >= 15 is 0 Å². The minimum Gasteiger partial charge on any atom is -0.378 e. The highest BCUT2D eigenvalue weighted by molar-refractivity contribution is 7.81. The Bertz CT molecular complexity index is 1560. The quantitative estimate of drug-likeness (QED) is 0.435. The van der Waals surface area contributed by atoms with E-state index in [0.29, 0.717) is 44.2 Å². The van der Waals surface area contributed by atoms with Crippen molar-refractivity contribution in [1.82, 2.24) is 14.3 Å². The number of amides is 1. The Hall–Kier alpha value is -3.79. The smallest absolute Gasteiger partial charge is 0.378 e. The van der Waals surface area contributed by atoms with Gasteiger partial charge in [0.25, 0.3) is 5.91 Å². The number of anilines is 2. The van der Waals surface area contributed by atoms with E-state index in [1.54, 1.807) is 24.6 Å². The molecule has 2 aliphatic heterocycles. The molecule has 1 aromatic carbocycles. The van der Waals surface area contributed by atoms with Crippen molar-refractivity contribution < 1.29 is 26.9 Å². The van der Waals surface area contributed by atoms with Crippen LogP contribution in [0.25, 0.3) is 11.1 Å². The molecule has 0 saturated carbocycles. The van der Waals surface area contributed by atoms with E-state index in [-0.39, 0.29) is 11.5 Å². The monoisotopic (exact) mass is 597 g/mol. The summed E-state index contributed by atoms with van der Waals surface area (Å²) in [5.41, 5.74) is 3.25. The summed E-state index contributed by atoms with van der Waals surface area (Å²) in [7, 11) is -1.01. The summed E-state index contributed by atoms with van der Waals surface area (Å²) in [5, 5.41) is 2.70. The summed E-state index contributed by atoms with van der Waals surface area (Å²) >= 11 is 0. The number of pyridine rings is 2. The van der Waals surface area contributed by atoms with Gasteiger partial charge in [0.1, 0.15) is 11.4 Å². The van der Waals surface area contributed by atoms with Crippen molar-refractivity contribution in [2.75, 3.05) is 55.9 Å². The first kappa shape index (κ1) is 29.7. The topological polar surface area (TPSA) is 87.7 Å². The maximum atomic E-state index is 13.1. The number of halogens is 3. The van der Waals surface area contributed by atoms with Crippen LogP contribution in [0, 0.1) is 24.7 Å². The van der Waals surface area contributed by atoms with E-state index in [1.807, 2.05) is 23.4 Å². The first-order valence-electron chi connectivity index (χ1n) is 13.5. The number of rotatable bonds is 5. The predicted molar refractivity (Wildman–Crippen MR) is 155 cm³/mol. The molecule has 1 N–H and O–H groups in total. The number of benzene rings is 1. The van der Waals surface area contributed by atoms with Crippen LogP contribution in [0.2, 0.25) is 0 Å². The number of hydrogen-bond donors (Lipinski definition) is 1. The van der Waals surface area contributed by atoms with Crippen LogP contribution in [-0.2, 0) is 21.9 Å². The van der Waals surface area contributed by atoms with Crippen LogP contribution in [0.15, 0.2) is 48.8 Å². The Morgan fingerprint density at radius 1 is 1.12 bits per heavy atom.